The largest absolute Gasteiger partial charge is 0.388 e. The fraction of sp³-hybridized carbons (Fsp3) is 0.549. The predicted molar refractivity (Wildman–Crippen MR) is 227 cm³/mol. The van der Waals surface area contributed by atoms with Gasteiger partial charge in [-0.05, 0) is 159 Å². The summed E-state index contributed by atoms with van der Waals surface area (Å²) in [6, 6.07) is 16.5. The first-order chi connectivity index (χ1) is 29.0. The van der Waals surface area contributed by atoms with Crippen molar-refractivity contribution in [2.75, 3.05) is 36.0 Å². The van der Waals surface area contributed by atoms with E-state index in [0.717, 1.165) is 48.2 Å². The molecule has 60 heavy (non-hydrogen) atoms. The van der Waals surface area contributed by atoms with Crippen LogP contribution in [0.4, 0.5) is 20.2 Å². The van der Waals surface area contributed by atoms with E-state index in [4.69, 9.17) is 0 Å². The smallest absolute Gasteiger partial charge is 0.233 e. The predicted octanol–water partition coefficient (Wildman–Crippen LogP) is 9.60. The monoisotopic (exact) mass is 810 g/mol. The minimum atomic E-state index is -0.570. The van der Waals surface area contributed by atoms with Gasteiger partial charge in [-0.2, -0.15) is 0 Å². The van der Waals surface area contributed by atoms with Crippen LogP contribution in [-0.4, -0.2) is 52.1 Å². The van der Waals surface area contributed by atoms with E-state index in [1.807, 2.05) is 0 Å². The molecule has 2 aromatic heterocycles. The quantitative estimate of drug-likeness (QED) is 0.188. The third kappa shape index (κ3) is 5.59. The second kappa shape index (κ2) is 13.4. The van der Waals surface area contributed by atoms with Crippen LogP contribution < -0.4 is 9.80 Å². The van der Waals surface area contributed by atoms with E-state index in [1.165, 1.54) is 111 Å². The lowest BCUT2D eigenvalue weighted by Gasteiger charge is -2.47. The van der Waals surface area contributed by atoms with Gasteiger partial charge in [0.25, 0.3) is 0 Å². The summed E-state index contributed by atoms with van der Waals surface area (Å²) < 4.78 is 30.3. The molecule has 2 spiro atoms. The number of benzene rings is 2. The second-order valence-corrected chi connectivity index (χ2v) is 20.8. The van der Waals surface area contributed by atoms with Gasteiger partial charge < -0.3 is 20.0 Å². The van der Waals surface area contributed by atoms with Crippen LogP contribution in [0.2, 0.25) is 0 Å². The molecule has 0 amide bonds. The Hall–Kier alpha value is -4.21. The summed E-state index contributed by atoms with van der Waals surface area (Å²) >= 11 is 0. The lowest BCUT2D eigenvalue weighted by atomic mass is 9.58. The summed E-state index contributed by atoms with van der Waals surface area (Å²) in [5.74, 6) is 0.215. The molecular formula is C51H56F2N4O3. The molecule has 2 N–H and O–H groups in total. The molecule has 2 aliphatic heterocycles. The third-order valence-corrected chi connectivity index (χ3v) is 18.0. The molecule has 14 rings (SSSR count). The van der Waals surface area contributed by atoms with Crippen molar-refractivity contribution < 1.29 is 23.8 Å². The molecule has 9 heteroatoms. The van der Waals surface area contributed by atoms with E-state index >= 15 is 8.78 Å². The van der Waals surface area contributed by atoms with Crippen molar-refractivity contribution in [2.24, 2.45) is 11.8 Å². The molecular weight excluding hydrogens is 755 g/mol. The number of pyridine rings is 2. The molecule has 10 aliphatic rings. The highest BCUT2D eigenvalue weighted by Gasteiger charge is 2.52. The van der Waals surface area contributed by atoms with Gasteiger partial charge in [-0.15, -0.1) is 0 Å². The van der Waals surface area contributed by atoms with Crippen LogP contribution in [0.25, 0.3) is 0 Å². The van der Waals surface area contributed by atoms with Crippen molar-refractivity contribution in [1.29, 1.82) is 0 Å². The molecule has 4 unspecified atom stereocenters. The minimum absolute atomic E-state index is 0.0918. The molecule has 2 aromatic carbocycles. The van der Waals surface area contributed by atoms with Crippen LogP contribution in [0, 0.1) is 23.5 Å². The number of fused-ring (bicyclic) bond motifs is 10. The number of hydrogen-bond acceptors (Lipinski definition) is 7. The Morgan fingerprint density at radius 1 is 0.567 bits per heavy atom. The van der Waals surface area contributed by atoms with Crippen molar-refractivity contribution in [3.8, 4) is 0 Å². The number of aliphatic hydroxyl groups excluding tert-OH is 2. The Morgan fingerprint density at radius 3 is 1.37 bits per heavy atom. The number of carbonyl (C=O) groups excluding carboxylic acids is 1. The molecule has 7 nitrogen and oxygen atoms in total. The van der Waals surface area contributed by atoms with Gasteiger partial charge in [0.1, 0.15) is 23.0 Å². The zero-order valence-electron chi connectivity index (χ0n) is 34.6. The number of nitrogens with zero attached hydrogens (tertiary/aromatic N) is 4. The van der Waals surface area contributed by atoms with E-state index in [0.29, 0.717) is 50.4 Å². The summed E-state index contributed by atoms with van der Waals surface area (Å²) in [4.78, 5) is 27.7. The first-order valence-corrected chi connectivity index (χ1v) is 23.1. The van der Waals surface area contributed by atoms with Gasteiger partial charge in [-0.1, -0.05) is 36.4 Å². The molecule has 6 saturated carbocycles. The van der Waals surface area contributed by atoms with Crippen LogP contribution in [0.5, 0.6) is 0 Å². The maximum Gasteiger partial charge on any atom is 0.233 e. The standard InChI is InChI=1S/C51H56F2N4O3/c52-35-23-41(56-19-17-50(29-56)25-43(58)37-21-33(1-3-39(37)50)48-11-5-31(6-12-48)7-13-48)45(54-27-35)47(60)46-42(24-36(53)28-55-46)57-20-18-51(30-57)26-44(59)38-22-34(2-4-40(38)51)49-14-8-32(9-15-49)10-16-49/h1-4,21-24,27-28,31-32,43-44,58-59H,5-20,25-26,29-30H2. The highest BCUT2D eigenvalue weighted by Crippen LogP contribution is 2.58. The lowest BCUT2D eigenvalue weighted by Crippen LogP contribution is -2.37. The van der Waals surface area contributed by atoms with Crippen molar-refractivity contribution in [2.45, 2.75) is 137 Å². The molecule has 0 radical (unpaired) electrons. The highest BCUT2D eigenvalue weighted by molar-refractivity contribution is 6.13. The Bertz CT molecular complexity index is 2230. The van der Waals surface area contributed by atoms with Crippen LogP contribution in [0.15, 0.2) is 60.9 Å². The van der Waals surface area contributed by atoms with Gasteiger partial charge in [-0.25, -0.2) is 18.7 Å². The maximum absolute atomic E-state index is 15.2. The van der Waals surface area contributed by atoms with Crippen molar-refractivity contribution in [1.82, 2.24) is 9.97 Å². The summed E-state index contributed by atoms with van der Waals surface area (Å²) in [5, 5.41) is 23.2. The second-order valence-electron chi connectivity index (χ2n) is 20.8. The fourth-order valence-electron chi connectivity index (χ4n) is 14.6. The van der Waals surface area contributed by atoms with E-state index in [1.54, 1.807) is 0 Å². The molecule has 8 fully saturated rings. The summed E-state index contributed by atoms with van der Waals surface area (Å²) in [7, 11) is 0. The number of carbonyl (C=O) groups is 1. The zero-order valence-corrected chi connectivity index (χ0v) is 34.6. The average molecular weight is 811 g/mol. The van der Waals surface area contributed by atoms with Gasteiger partial charge >= 0.3 is 0 Å². The molecule has 2 saturated heterocycles. The van der Waals surface area contributed by atoms with E-state index in [9.17, 15) is 15.0 Å². The number of rotatable bonds is 6. The fourth-order valence-corrected chi connectivity index (χ4v) is 14.6. The van der Waals surface area contributed by atoms with Gasteiger partial charge in [0.05, 0.1) is 36.0 Å². The molecule has 4 atom stereocenters. The van der Waals surface area contributed by atoms with Crippen LogP contribution in [0.1, 0.15) is 165 Å². The normalized spacial score (nSPS) is 34.9. The van der Waals surface area contributed by atoms with Gasteiger partial charge in [-0.3, -0.25) is 4.79 Å². The Kier molecular flexibility index (Phi) is 8.38. The summed E-state index contributed by atoms with van der Waals surface area (Å²) in [6.45, 7) is 2.21. The molecule has 4 aromatic rings. The average Bonchev–Trinajstić information content (AvgIpc) is 4.05. The van der Waals surface area contributed by atoms with Crippen molar-refractivity contribution in [3.63, 3.8) is 0 Å². The van der Waals surface area contributed by atoms with E-state index in [2.05, 4.69) is 56.2 Å². The lowest BCUT2D eigenvalue weighted by molar-refractivity contribution is 0.103. The first-order valence-electron chi connectivity index (χ1n) is 23.1. The van der Waals surface area contributed by atoms with Gasteiger partial charge in [0.2, 0.25) is 5.78 Å². The van der Waals surface area contributed by atoms with E-state index in [-0.39, 0.29) is 33.0 Å². The number of ketones is 1. The first kappa shape index (κ1) is 37.5. The Labute approximate surface area is 351 Å². The molecule has 4 heterocycles. The molecule has 4 bridgehead atoms. The minimum Gasteiger partial charge on any atom is -0.388 e. The maximum atomic E-state index is 15.2. The van der Waals surface area contributed by atoms with Crippen LogP contribution in [-0.2, 0) is 21.7 Å². The SMILES string of the molecule is O=C(c1ncc(F)cc1N1CCC2(CC(O)c3cc(C45CCC(CC4)CC5)ccc32)C1)c1ncc(F)cc1N1CCC2(CC(O)c3cc(C45CCC(CC4)CC5)ccc32)C1. The van der Waals surface area contributed by atoms with Crippen molar-refractivity contribution in [3.05, 3.63) is 117 Å². The topological polar surface area (TPSA) is 89.8 Å². The molecule has 8 aliphatic carbocycles. The number of aliphatic hydroxyl groups is 2. The highest BCUT2D eigenvalue weighted by atomic mass is 19.1. The molecule has 312 valence electrons. The summed E-state index contributed by atoms with van der Waals surface area (Å²) in [5.41, 5.74) is 7.93. The number of halogens is 2. The summed E-state index contributed by atoms with van der Waals surface area (Å²) in [6.07, 6.45) is 18.9. The number of hydrogen-bond donors (Lipinski definition) is 2. The van der Waals surface area contributed by atoms with Crippen molar-refractivity contribution >= 4 is 17.2 Å². The zero-order chi connectivity index (χ0) is 40.6. The van der Waals surface area contributed by atoms with E-state index < -0.39 is 29.6 Å². The number of aromatic nitrogens is 2. The third-order valence-electron chi connectivity index (χ3n) is 18.0. The van der Waals surface area contributed by atoms with Gasteiger partial charge in [0.15, 0.2) is 0 Å². The van der Waals surface area contributed by atoms with Crippen LogP contribution >= 0.6 is 0 Å². The van der Waals surface area contributed by atoms with Crippen LogP contribution in [0.3, 0.4) is 0 Å². The van der Waals surface area contributed by atoms with Gasteiger partial charge in [0, 0.05) is 49.1 Å². The Morgan fingerprint density at radius 2 is 0.967 bits per heavy atom. The number of anilines is 2. The Balaban J connectivity index is 0.825.